The number of carbonyl (C=O) groups is 4. The quantitative estimate of drug-likeness (QED) is 0.133. The third kappa shape index (κ3) is 9.53. The summed E-state index contributed by atoms with van der Waals surface area (Å²) in [5, 5.41) is 15.0. The van der Waals surface area contributed by atoms with Gasteiger partial charge in [0.25, 0.3) is 0 Å². The van der Waals surface area contributed by atoms with Crippen LogP contribution in [0.3, 0.4) is 0 Å². The van der Waals surface area contributed by atoms with Gasteiger partial charge >= 0.3 is 6.03 Å². The first-order chi connectivity index (χ1) is 30.5. The van der Waals surface area contributed by atoms with Gasteiger partial charge in [0.05, 0.1) is 22.1 Å². The Morgan fingerprint density at radius 1 is 0.857 bits per heavy atom. The molecular weight excluding hydrogens is 845 g/mol. The molecule has 0 bridgehead atoms. The Hall–Kier alpha value is -5.97. The van der Waals surface area contributed by atoms with Crippen molar-refractivity contribution < 1.29 is 23.9 Å². The third-order valence-electron chi connectivity index (χ3n) is 12.6. The smallest absolute Gasteiger partial charge is 0.328 e. The summed E-state index contributed by atoms with van der Waals surface area (Å²) in [5.74, 6) is 1.36. The number of rotatable bonds is 13. The number of nitrogens with zero attached hydrogens (tertiary/aromatic N) is 8. The lowest BCUT2D eigenvalue weighted by atomic mass is 10.0. The second kappa shape index (κ2) is 18.0. The van der Waals surface area contributed by atoms with Crippen molar-refractivity contribution in [2.75, 3.05) is 86.7 Å². The van der Waals surface area contributed by atoms with Gasteiger partial charge in [-0.25, -0.2) is 9.78 Å². The van der Waals surface area contributed by atoms with Crippen LogP contribution in [-0.4, -0.2) is 126 Å². The van der Waals surface area contributed by atoms with Crippen molar-refractivity contribution in [2.24, 2.45) is 5.41 Å². The molecule has 1 atom stereocenters. The van der Waals surface area contributed by atoms with Gasteiger partial charge in [0.1, 0.15) is 23.4 Å². The fourth-order valence-electron chi connectivity index (χ4n) is 8.65. The zero-order valence-electron chi connectivity index (χ0n) is 35.0. The van der Waals surface area contributed by atoms with Gasteiger partial charge in [-0.05, 0) is 79.8 Å². The number of fused-ring (bicyclic) bond motifs is 1. The van der Waals surface area contributed by atoms with Crippen LogP contribution in [0.2, 0.25) is 10.0 Å². The number of aromatic amines is 1. The number of nitrogens with one attached hydrogen (secondary N) is 3. The number of urea groups is 1. The molecule has 16 nitrogen and oxygen atoms in total. The molecule has 18 heteroatoms. The monoisotopic (exact) mass is 893 g/mol. The van der Waals surface area contributed by atoms with E-state index in [1.54, 1.807) is 17.3 Å². The van der Waals surface area contributed by atoms with Crippen molar-refractivity contribution in [1.82, 2.24) is 40.6 Å². The Labute approximate surface area is 374 Å². The van der Waals surface area contributed by atoms with E-state index < -0.39 is 12.1 Å². The third-order valence-corrected chi connectivity index (χ3v) is 13.2. The van der Waals surface area contributed by atoms with Crippen LogP contribution in [0.15, 0.2) is 73.2 Å². The Morgan fingerprint density at radius 2 is 1.57 bits per heavy atom. The van der Waals surface area contributed by atoms with E-state index in [-0.39, 0.29) is 29.6 Å². The predicted octanol–water partition coefficient (Wildman–Crippen LogP) is 5.67. The van der Waals surface area contributed by atoms with Crippen LogP contribution < -0.4 is 30.1 Å². The average Bonchev–Trinajstić information content (AvgIpc) is 3.93. The number of aromatic nitrogens is 4. The van der Waals surface area contributed by atoms with Crippen LogP contribution in [0.25, 0.3) is 22.2 Å². The molecule has 2 aromatic carbocycles. The number of imide groups is 1. The number of ether oxygens (including phenoxy) is 1. The molecule has 5 amide bonds. The largest absolute Gasteiger partial charge is 0.486 e. The van der Waals surface area contributed by atoms with Crippen LogP contribution in [-0.2, 0) is 14.4 Å². The summed E-state index contributed by atoms with van der Waals surface area (Å²) < 4.78 is 6.24. The molecule has 1 aliphatic carbocycles. The standard InChI is InChI=1S/C45H49Cl2N11O5/c1-29(42-35(46)25-48-26-36(42)47)63-33-7-8-37-34(22-33)43(53-52-37)30-2-9-38(49-24-30)56-18-20-57(21-19-56)41(61)23-45(11-12-45)28-50-40(60)27-54-14-16-55(17-15-54)31-3-5-32(6-4-31)58-13-10-39(59)51-44(58)62/h2-9,22,24-26,29H,10-21,23,27-28H2,1H3,(H,50,60)(H,52,53)(H,51,59,62)/t29-/m1/s1. The number of carbonyl (C=O) groups excluding carboxylic acids is 4. The van der Waals surface area contributed by atoms with Gasteiger partial charge in [-0.2, -0.15) is 5.10 Å². The number of halogens is 2. The van der Waals surface area contributed by atoms with Gasteiger partial charge in [0.15, 0.2) is 0 Å². The molecule has 3 aromatic heterocycles. The van der Waals surface area contributed by atoms with E-state index in [2.05, 4.69) is 40.5 Å². The van der Waals surface area contributed by atoms with E-state index in [4.69, 9.17) is 32.9 Å². The first-order valence-corrected chi connectivity index (χ1v) is 22.1. The molecule has 0 spiro atoms. The summed E-state index contributed by atoms with van der Waals surface area (Å²) in [5.41, 5.74) is 4.80. The van der Waals surface area contributed by atoms with Crippen molar-refractivity contribution >= 4 is 75.1 Å². The van der Waals surface area contributed by atoms with Gasteiger partial charge in [0.2, 0.25) is 17.7 Å². The molecule has 3 N–H and O–H groups in total. The fourth-order valence-corrected chi connectivity index (χ4v) is 9.32. The number of H-pyrrole nitrogens is 1. The maximum Gasteiger partial charge on any atom is 0.328 e. The summed E-state index contributed by atoms with van der Waals surface area (Å²) >= 11 is 12.7. The molecule has 6 heterocycles. The summed E-state index contributed by atoms with van der Waals surface area (Å²) in [6.07, 6.45) is 7.11. The van der Waals surface area contributed by atoms with E-state index >= 15 is 0 Å². The zero-order chi connectivity index (χ0) is 43.7. The van der Waals surface area contributed by atoms with Crippen molar-refractivity contribution in [2.45, 2.75) is 38.7 Å². The van der Waals surface area contributed by atoms with Crippen LogP contribution in [0, 0.1) is 5.41 Å². The number of hydrogen-bond acceptors (Lipinski definition) is 11. The molecule has 0 radical (unpaired) electrons. The van der Waals surface area contributed by atoms with E-state index in [1.807, 2.05) is 72.6 Å². The predicted molar refractivity (Wildman–Crippen MR) is 241 cm³/mol. The number of anilines is 3. The SMILES string of the molecule is C[C@@H](Oc1ccc2[nH]nc(-c3ccc(N4CCN(C(=O)CC5(CNC(=O)CN6CCN(c7ccc(N8CCC(=O)NC8=O)cc7)CC6)CC5)CC4)nc3)c2c1)c1c(Cl)cncc1Cl. The maximum absolute atomic E-state index is 13.5. The first kappa shape index (κ1) is 42.3. The molecule has 9 rings (SSSR count). The molecule has 0 unspecified atom stereocenters. The highest BCUT2D eigenvalue weighted by Gasteiger charge is 2.45. The second-order valence-electron chi connectivity index (χ2n) is 16.8. The number of amides is 5. The summed E-state index contributed by atoms with van der Waals surface area (Å²) in [6, 6.07) is 17.1. The van der Waals surface area contributed by atoms with Crippen LogP contribution in [0.1, 0.15) is 44.3 Å². The Morgan fingerprint density at radius 3 is 2.25 bits per heavy atom. The second-order valence-corrected chi connectivity index (χ2v) is 17.6. The van der Waals surface area contributed by atoms with E-state index in [9.17, 15) is 19.2 Å². The minimum atomic E-state index is -0.404. The zero-order valence-corrected chi connectivity index (χ0v) is 36.5. The topological polar surface area (TPSA) is 172 Å². The lowest BCUT2D eigenvalue weighted by Gasteiger charge is -2.36. The van der Waals surface area contributed by atoms with Crippen LogP contribution in [0.4, 0.5) is 22.0 Å². The number of hydrogen-bond donors (Lipinski definition) is 3. The van der Waals surface area contributed by atoms with Crippen molar-refractivity contribution in [3.05, 3.63) is 88.8 Å². The molecule has 328 valence electrons. The van der Waals surface area contributed by atoms with Crippen molar-refractivity contribution in [1.29, 1.82) is 0 Å². The minimum Gasteiger partial charge on any atom is -0.486 e. The molecular formula is C45H49Cl2N11O5. The van der Waals surface area contributed by atoms with Crippen molar-refractivity contribution in [3.8, 4) is 17.0 Å². The van der Waals surface area contributed by atoms with Gasteiger partial charge in [-0.3, -0.25) is 39.6 Å². The van der Waals surface area contributed by atoms with Crippen molar-refractivity contribution in [3.63, 3.8) is 0 Å². The van der Waals surface area contributed by atoms with E-state index in [1.165, 1.54) is 0 Å². The Bertz CT molecular complexity index is 2480. The maximum atomic E-state index is 13.5. The van der Waals surface area contributed by atoms with Gasteiger partial charge < -0.3 is 24.8 Å². The number of benzene rings is 2. The van der Waals surface area contributed by atoms with Crippen LogP contribution >= 0.6 is 23.2 Å². The highest BCUT2D eigenvalue weighted by molar-refractivity contribution is 6.35. The highest BCUT2D eigenvalue weighted by Crippen LogP contribution is 2.48. The summed E-state index contributed by atoms with van der Waals surface area (Å²) in [7, 11) is 0. The molecule has 4 aliphatic rings. The molecule has 5 aromatic rings. The van der Waals surface area contributed by atoms with E-state index in [0.29, 0.717) is 73.6 Å². The summed E-state index contributed by atoms with van der Waals surface area (Å²) in [6.45, 7) is 8.72. The molecule has 1 saturated carbocycles. The average molecular weight is 895 g/mol. The molecule has 63 heavy (non-hydrogen) atoms. The lowest BCUT2D eigenvalue weighted by Crippen LogP contribution is -2.50. The van der Waals surface area contributed by atoms with Gasteiger partial charge in [-0.1, -0.05) is 23.2 Å². The lowest BCUT2D eigenvalue weighted by molar-refractivity contribution is -0.133. The number of pyridine rings is 2. The highest BCUT2D eigenvalue weighted by atomic mass is 35.5. The minimum absolute atomic E-state index is 0.0145. The van der Waals surface area contributed by atoms with E-state index in [0.717, 1.165) is 78.4 Å². The van der Waals surface area contributed by atoms with Gasteiger partial charge in [-0.15, -0.1) is 0 Å². The Kier molecular flexibility index (Phi) is 12.1. The summed E-state index contributed by atoms with van der Waals surface area (Å²) in [4.78, 5) is 69.2. The normalized spacial score (nSPS) is 18.3. The number of piperazine rings is 2. The fraction of sp³-hybridized carbons (Fsp3) is 0.400. The molecule has 3 aliphatic heterocycles. The first-order valence-electron chi connectivity index (χ1n) is 21.4. The van der Waals surface area contributed by atoms with Gasteiger partial charge in [0, 0.05) is 125 Å². The van der Waals surface area contributed by atoms with Crippen LogP contribution in [0.5, 0.6) is 5.75 Å². The molecule has 3 saturated heterocycles. The Balaban J connectivity index is 0.706. The molecule has 4 fully saturated rings.